The second-order valence-corrected chi connectivity index (χ2v) is 9.45. The van der Waals surface area contributed by atoms with Crippen LogP contribution < -0.4 is 0 Å². The maximum Gasteiger partial charge on any atom is 0.189 e. The predicted octanol–water partition coefficient (Wildman–Crippen LogP) is 2.92. The summed E-state index contributed by atoms with van der Waals surface area (Å²) >= 11 is 4.87. The zero-order valence-corrected chi connectivity index (χ0v) is 16.1. The van der Waals surface area contributed by atoms with E-state index in [2.05, 4.69) is 0 Å². The van der Waals surface area contributed by atoms with Gasteiger partial charge in [-0.1, -0.05) is 13.0 Å². The highest BCUT2D eigenvalue weighted by molar-refractivity contribution is 7.80. The van der Waals surface area contributed by atoms with Crippen molar-refractivity contribution in [1.82, 2.24) is 0 Å². The van der Waals surface area contributed by atoms with E-state index in [1.807, 2.05) is 0 Å². The largest absolute Gasteiger partial charge is 0.500 e. The van der Waals surface area contributed by atoms with Crippen molar-refractivity contribution < 1.29 is 28.9 Å². The Bertz CT molecular complexity index is 797. The van der Waals surface area contributed by atoms with E-state index in [0.29, 0.717) is 6.42 Å². The second kappa shape index (κ2) is 5.45. The fourth-order valence-electron chi connectivity index (χ4n) is 6.56. The molecule has 27 heavy (non-hydrogen) atoms. The number of halogens is 2. The number of aliphatic hydroxyl groups is 3. The van der Waals surface area contributed by atoms with Gasteiger partial charge in [-0.15, -0.1) is 0 Å². The monoisotopic (exact) mass is 398 g/mol. The average Bonchev–Trinajstić information content (AvgIpc) is 2.85. The number of fused-ring (bicyclic) bond motifs is 5. The molecule has 3 N–H and O–H groups in total. The number of carbonyl (C=O) groups is 1. The number of allylic oxidation sites excluding steroid dienone is 4. The zero-order chi connectivity index (χ0) is 20.0. The van der Waals surface area contributed by atoms with Crippen LogP contribution in [0.15, 0.2) is 23.8 Å². The lowest BCUT2D eigenvalue weighted by Crippen LogP contribution is -2.70. The third-order valence-electron chi connectivity index (χ3n) is 8.13. The first-order chi connectivity index (χ1) is 12.4. The molecular formula is C20H24F2O4S. The molecule has 3 saturated carbocycles. The van der Waals surface area contributed by atoms with Crippen molar-refractivity contribution in [2.45, 2.75) is 63.1 Å². The van der Waals surface area contributed by atoms with Gasteiger partial charge in [-0.05, 0) is 68.5 Å². The summed E-state index contributed by atoms with van der Waals surface area (Å²) < 4.78 is 31.8. The topological polar surface area (TPSA) is 77.8 Å². The summed E-state index contributed by atoms with van der Waals surface area (Å²) in [5.74, 6) is -1.71. The Morgan fingerprint density at radius 1 is 1.33 bits per heavy atom. The number of rotatable bonds is 1. The van der Waals surface area contributed by atoms with Crippen molar-refractivity contribution in [2.24, 2.45) is 22.7 Å². The molecule has 7 heteroatoms. The standard InChI is InChI=1S/C20H24F2O4S/c1-17-5-3-10(23)7-13(17)14(21)8-12-11-4-6-19(26,16(25)27)18(11,2)9-15(24)20(12,17)22/h3,5,7,11-12,14-15,24,26H,4,6,8-9H2,1-2H3,(H,25,27)/t11-,12-,14-,15-,17-,18-,19-,20-/m0/s1. The normalized spacial score (nSPS) is 54.0. The van der Waals surface area contributed by atoms with Gasteiger partial charge in [-0.2, -0.15) is 0 Å². The van der Waals surface area contributed by atoms with Gasteiger partial charge in [-0.3, -0.25) is 4.79 Å². The van der Waals surface area contributed by atoms with Crippen LogP contribution in [0.2, 0.25) is 0 Å². The van der Waals surface area contributed by atoms with E-state index in [0.717, 1.165) is 6.08 Å². The summed E-state index contributed by atoms with van der Waals surface area (Å²) in [4.78, 5) is 11.8. The van der Waals surface area contributed by atoms with E-state index in [1.165, 1.54) is 19.1 Å². The zero-order valence-electron chi connectivity index (χ0n) is 15.3. The van der Waals surface area contributed by atoms with Gasteiger partial charge < -0.3 is 15.3 Å². The van der Waals surface area contributed by atoms with Gasteiger partial charge in [0, 0.05) is 16.7 Å². The molecule has 0 aliphatic heterocycles. The quantitative estimate of drug-likeness (QED) is 0.592. The van der Waals surface area contributed by atoms with Crippen LogP contribution in [0.1, 0.15) is 39.5 Å². The van der Waals surface area contributed by atoms with Crippen LogP contribution in [0, 0.1) is 22.7 Å². The third-order valence-corrected chi connectivity index (χ3v) is 8.47. The van der Waals surface area contributed by atoms with E-state index in [-0.39, 0.29) is 30.6 Å². The molecule has 0 radical (unpaired) electrons. The lowest BCUT2D eigenvalue weighted by Gasteiger charge is -2.63. The van der Waals surface area contributed by atoms with E-state index in [9.17, 15) is 20.1 Å². The average molecular weight is 398 g/mol. The fraction of sp³-hybridized carbons (Fsp3) is 0.700. The van der Waals surface area contributed by atoms with Gasteiger partial charge in [0.25, 0.3) is 0 Å². The summed E-state index contributed by atoms with van der Waals surface area (Å²) in [5, 5.41) is 31.4. The van der Waals surface area contributed by atoms with Crippen LogP contribution in [0.4, 0.5) is 8.78 Å². The number of hydrogen-bond donors (Lipinski definition) is 3. The van der Waals surface area contributed by atoms with E-state index in [4.69, 9.17) is 12.2 Å². The predicted molar refractivity (Wildman–Crippen MR) is 98.8 cm³/mol. The molecule has 3 fully saturated rings. The van der Waals surface area contributed by atoms with Gasteiger partial charge in [0.05, 0.1) is 6.10 Å². The van der Waals surface area contributed by atoms with Crippen molar-refractivity contribution in [3.05, 3.63) is 23.8 Å². The highest BCUT2D eigenvalue weighted by atomic mass is 32.1. The minimum absolute atomic E-state index is 0.0716. The Morgan fingerprint density at radius 2 is 2.00 bits per heavy atom. The SMILES string of the molecule is C[C@]12C=CC(=O)C=C1[C@@H](F)C[C@H]1[C@@H]3CC[C@](O)(C(O)=S)[C@@]3(C)C[C@H](O)[C@@]12F. The molecule has 4 aliphatic rings. The first kappa shape index (κ1) is 19.2. The summed E-state index contributed by atoms with van der Waals surface area (Å²) in [6.45, 7) is 3.22. The smallest absolute Gasteiger partial charge is 0.189 e. The molecular weight excluding hydrogens is 374 g/mol. The maximum absolute atomic E-state index is 16.7. The fourth-order valence-corrected chi connectivity index (χ4v) is 6.90. The molecule has 0 aromatic carbocycles. The van der Waals surface area contributed by atoms with Crippen molar-refractivity contribution in [3.63, 3.8) is 0 Å². The summed E-state index contributed by atoms with van der Waals surface area (Å²) in [6.07, 6.45) is 0.990. The molecule has 148 valence electrons. The van der Waals surface area contributed by atoms with Crippen LogP contribution in [0.5, 0.6) is 0 Å². The van der Waals surface area contributed by atoms with E-state index in [1.54, 1.807) is 6.92 Å². The third kappa shape index (κ3) is 2.03. The van der Waals surface area contributed by atoms with Crippen LogP contribution >= 0.6 is 12.2 Å². The van der Waals surface area contributed by atoms with Gasteiger partial charge in [0.15, 0.2) is 16.5 Å². The van der Waals surface area contributed by atoms with Crippen molar-refractivity contribution in [3.8, 4) is 0 Å². The first-order valence-corrected chi connectivity index (χ1v) is 9.75. The van der Waals surface area contributed by atoms with Gasteiger partial charge in [-0.25, -0.2) is 8.78 Å². The van der Waals surface area contributed by atoms with E-state index >= 15 is 8.78 Å². The molecule has 4 aliphatic carbocycles. The van der Waals surface area contributed by atoms with Crippen LogP contribution in [-0.4, -0.2) is 49.7 Å². The first-order valence-electron chi connectivity index (χ1n) is 9.34. The number of ketones is 1. The lowest BCUT2D eigenvalue weighted by molar-refractivity contribution is -0.214. The molecule has 8 atom stereocenters. The van der Waals surface area contributed by atoms with Crippen LogP contribution in [0.25, 0.3) is 0 Å². The molecule has 4 nitrogen and oxygen atoms in total. The van der Waals surface area contributed by atoms with Gasteiger partial charge >= 0.3 is 0 Å². The minimum Gasteiger partial charge on any atom is -0.500 e. The van der Waals surface area contributed by atoms with Crippen molar-refractivity contribution in [1.29, 1.82) is 0 Å². The number of carbonyl (C=O) groups excluding carboxylic acids is 1. The Hall–Kier alpha value is -1.18. The molecule has 0 aromatic heterocycles. The van der Waals surface area contributed by atoms with Crippen LogP contribution in [0.3, 0.4) is 0 Å². The Labute approximate surface area is 162 Å². The Balaban J connectivity index is 1.86. The summed E-state index contributed by atoms with van der Waals surface area (Å²) in [7, 11) is 0. The van der Waals surface area contributed by atoms with Crippen molar-refractivity contribution in [2.75, 3.05) is 0 Å². The lowest BCUT2D eigenvalue weighted by atomic mass is 9.44. The molecule has 0 spiro atoms. The number of alkyl halides is 2. The number of aliphatic hydroxyl groups excluding tert-OH is 2. The second-order valence-electron chi connectivity index (χ2n) is 9.06. The number of thiocarbonyl (C=S) groups is 1. The molecule has 4 rings (SSSR count). The minimum atomic E-state index is -2.18. The van der Waals surface area contributed by atoms with Gasteiger partial charge in [0.1, 0.15) is 11.8 Å². The molecule has 0 aromatic rings. The van der Waals surface area contributed by atoms with E-state index < -0.39 is 51.3 Å². The number of hydrogen-bond acceptors (Lipinski definition) is 4. The Kier molecular flexibility index (Phi) is 3.87. The Morgan fingerprint density at radius 3 is 2.63 bits per heavy atom. The van der Waals surface area contributed by atoms with Crippen molar-refractivity contribution >= 4 is 23.1 Å². The summed E-state index contributed by atoms with van der Waals surface area (Å²) in [6, 6.07) is 0. The molecule has 0 heterocycles. The highest BCUT2D eigenvalue weighted by Gasteiger charge is 2.74. The molecule has 0 bridgehead atoms. The highest BCUT2D eigenvalue weighted by Crippen LogP contribution is 2.69. The summed E-state index contributed by atoms with van der Waals surface area (Å²) in [5.41, 5.74) is -6.31. The maximum atomic E-state index is 16.7. The van der Waals surface area contributed by atoms with Gasteiger partial charge in [0.2, 0.25) is 0 Å². The molecule has 0 saturated heterocycles. The van der Waals surface area contributed by atoms with Crippen LogP contribution in [-0.2, 0) is 4.79 Å². The molecule has 0 amide bonds. The molecule has 0 unspecified atom stereocenters.